The number of nitrogens with zero attached hydrogens (tertiary/aromatic N) is 4. The Balaban J connectivity index is 2.25. The second kappa shape index (κ2) is 4.54. The molecule has 78 valence electrons. The fourth-order valence-corrected chi connectivity index (χ4v) is 1.29. The smallest absolute Gasteiger partial charge is 0.207 e. The molecule has 2 heterocycles. The van der Waals surface area contributed by atoms with Gasteiger partial charge in [-0.05, 0) is 6.42 Å². The van der Waals surface area contributed by atoms with Crippen molar-refractivity contribution in [1.29, 1.82) is 0 Å². The largest absolute Gasteiger partial charge is 0.355 e. The maximum atomic E-state index is 4.23. The molecule has 2 aromatic rings. The predicted molar refractivity (Wildman–Crippen MR) is 57.9 cm³/mol. The summed E-state index contributed by atoms with van der Waals surface area (Å²) < 4.78 is 1.93. The van der Waals surface area contributed by atoms with Crippen LogP contribution in [-0.2, 0) is 0 Å². The molecule has 5 heteroatoms. The second-order valence-electron chi connectivity index (χ2n) is 3.14. The first kappa shape index (κ1) is 9.64. The van der Waals surface area contributed by atoms with Crippen LogP contribution in [-0.4, -0.2) is 26.1 Å². The Labute approximate surface area is 88.2 Å². The van der Waals surface area contributed by atoms with E-state index in [0.29, 0.717) is 0 Å². The molecule has 5 nitrogen and oxygen atoms in total. The van der Waals surface area contributed by atoms with Crippen molar-refractivity contribution in [3.05, 3.63) is 31.1 Å². The van der Waals surface area contributed by atoms with Crippen LogP contribution in [0.1, 0.15) is 13.3 Å². The minimum Gasteiger partial charge on any atom is -0.355 e. The van der Waals surface area contributed by atoms with Gasteiger partial charge in [0.1, 0.15) is 6.33 Å². The van der Waals surface area contributed by atoms with Crippen LogP contribution in [0.3, 0.4) is 0 Å². The second-order valence-corrected chi connectivity index (χ2v) is 3.14. The molecular weight excluding hydrogens is 190 g/mol. The van der Waals surface area contributed by atoms with Crippen LogP contribution >= 0.6 is 0 Å². The lowest BCUT2D eigenvalue weighted by atomic mass is 10.5. The zero-order valence-electron chi connectivity index (χ0n) is 8.59. The van der Waals surface area contributed by atoms with Crippen molar-refractivity contribution in [2.24, 2.45) is 0 Å². The van der Waals surface area contributed by atoms with Gasteiger partial charge in [0.05, 0.1) is 18.1 Å². The molecule has 0 amide bonds. The Morgan fingerprint density at radius 3 is 2.87 bits per heavy atom. The first-order valence-electron chi connectivity index (χ1n) is 4.94. The van der Waals surface area contributed by atoms with Crippen LogP contribution < -0.4 is 5.32 Å². The van der Waals surface area contributed by atoms with Gasteiger partial charge in [-0.3, -0.25) is 4.57 Å². The van der Waals surface area contributed by atoms with Crippen molar-refractivity contribution in [2.45, 2.75) is 13.3 Å². The third-order valence-corrected chi connectivity index (χ3v) is 2.00. The first-order valence-corrected chi connectivity index (χ1v) is 4.94. The average molecular weight is 203 g/mol. The van der Waals surface area contributed by atoms with E-state index >= 15 is 0 Å². The quantitative estimate of drug-likeness (QED) is 0.817. The Morgan fingerprint density at radius 1 is 1.33 bits per heavy atom. The van der Waals surface area contributed by atoms with Gasteiger partial charge in [-0.1, -0.05) is 6.92 Å². The highest BCUT2D eigenvalue weighted by Gasteiger charge is 2.03. The summed E-state index contributed by atoms with van der Waals surface area (Å²) in [7, 11) is 0. The molecule has 0 saturated heterocycles. The number of anilines is 1. The molecule has 0 unspecified atom stereocenters. The lowest BCUT2D eigenvalue weighted by Crippen LogP contribution is -2.06. The summed E-state index contributed by atoms with van der Waals surface area (Å²) in [5.41, 5.74) is 0.911. The predicted octanol–water partition coefficient (Wildman–Crippen LogP) is 1.48. The summed E-state index contributed by atoms with van der Waals surface area (Å²) in [6.45, 7) is 3.02. The molecule has 0 aliphatic heterocycles. The van der Waals surface area contributed by atoms with Gasteiger partial charge in [-0.15, -0.1) is 0 Å². The fraction of sp³-hybridized carbons (Fsp3) is 0.300. The van der Waals surface area contributed by atoms with Crippen LogP contribution in [0.2, 0.25) is 0 Å². The number of rotatable bonds is 4. The van der Waals surface area contributed by atoms with Gasteiger partial charge in [0.25, 0.3) is 0 Å². The average Bonchev–Trinajstić information content (AvgIpc) is 2.75. The topological polar surface area (TPSA) is 55.6 Å². The highest BCUT2D eigenvalue weighted by Crippen LogP contribution is 2.11. The Morgan fingerprint density at radius 2 is 2.13 bits per heavy atom. The molecule has 15 heavy (non-hydrogen) atoms. The highest BCUT2D eigenvalue weighted by atomic mass is 15.2. The molecule has 0 fully saturated rings. The lowest BCUT2D eigenvalue weighted by molar-refractivity contribution is 0.930. The summed E-state index contributed by atoms with van der Waals surface area (Å²) in [6, 6.07) is 0. The van der Waals surface area contributed by atoms with Crippen molar-refractivity contribution in [2.75, 3.05) is 11.9 Å². The van der Waals surface area contributed by atoms with Crippen LogP contribution in [0.4, 0.5) is 5.95 Å². The molecule has 0 aromatic carbocycles. The van der Waals surface area contributed by atoms with E-state index in [1.165, 1.54) is 6.33 Å². The van der Waals surface area contributed by atoms with E-state index in [1.54, 1.807) is 18.6 Å². The van der Waals surface area contributed by atoms with E-state index in [-0.39, 0.29) is 0 Å². The summed E-state index contributed by atoms with van der Waals surface area (Å²) >= 11 is 0. The van der Waals surface area contributed by atoms with E-state index in [1.807, 2.05) is 10.8 Å². The molecule has 0 spiro atoms. The molecular formula is C10H13N5. The van der Waals surface area contributed by atoms with Gasteiger partial charge in [-0.2, -0.15) is 0 Å². The van der Waals surface area contributed by atoms with Crippen molar-refractivity contribution in [3.8, 4) is 5.69 Å². The van der Waals surface area contributed by atoms with Crippen molar-refractivity contribution >= 4 is 5.95 Å². The van der Waals surface area contributed by atoms with Crippen molar-refractivity contribution in [3.63, 3.8) is 0 Å². The van der Waals surface area contributed by atoms with Crippen molar-refractivity contribution in [1.82, 2.24) is 19.5 Å². The number of hydrogen-bond acceptors (Lipinski definition) is 4. The monoisotopic (exact) mass is 203 g/mol. The van der Waals surface area contributed by atoms with E-state index in [2.05, 4.69) is 27.2 Å². The number of nitrogens with one attached hydrogen (secondary N) is 1. The van der Waals surface area contributed by atoms with Crippen LogP contribution in [0.5, 0.6) is 0 Å². The van der Waals surface area contributed by atoms with Crippen molar-refractivity contribution < 1.29 is 0 Å². The number of imidazole rings is 1. The van der Waals surface area contributed by atoms with E-state index in [0.717, 1.165) is 24.6 Å². The summed E-state index contributed by atoms with van der Waals surface area (Å²) in [5, 5.41) is 3.24. The highest BCUT2D eigenvalue weighted by molar-refractivity contribution is 5.38. The minimum absolute atomic E-state index is 0.826. The SMILES string of the molecule is CCCNc1nccn1-c1cncnc1. The molecule has 0 saturated carbocycles. The Hall–Kier alpha value is -1.91. The molecule has 0 radical (unpaired) electrons. The molecule has 1 N–H and O–H groups in total. The molecule has 0 aliphatic carbocycles. The molecule has 0 bridgehead atoms. The van der Waals surface area contributed by atoms with Gasteiger partial charge < -0.3 is 5.32 Å². The van der Waals surface area contributed by atoms with Gasteiger partial charge >= 0.3 is 0 Å². The summed E-state index contributed by atoms with van der Waals surface area (Å²) in [4.78, 5) is 12.2. The lowest BCUT2D eigenvalue weighted by Gasteiger charge is -2.07. The van der Waals surface area contributed by atoms with Gasteiger partial charge in [0, 0.05) is 18.9 Å². The maximum absolute atomic E-state index is 4.23. The zero-order chi connectivity index (χ0) is 10.5. The van der Waals surface area contributed by atoms with Gasteiger partial charge in [0.15, 0.2) is 0 Å². The maximum Gasteiger partial charge on any atom is 0.207 e. The summed E-state index contributed by atoms with van der Waals surface area (Å²) in [6.07, 6.45) is 9.73. The standard InChI is InChI=1S/C10H13N5/c1-2-3-13-10-14-4-5-15(10)9-6-11-8-12-7-9/h4-8H,2-3H2,1H3,(H,13,14). The third-order valence-electron chi connectivity index (χ3n) is 2.00. The first-order chi connectivity index (χ1) is 7.42. The molecule has 2 aromatic heterocycles. The molecule has 0 atom stereocenters. The zero-order valence-corrected chi connectivity index (χ0v) is 8.59. The molecule has 0 aliphatic rings. The molecule has 2 rings (SSSR count). The normalized spacial score (nSPS) is 10.2. The number of hydrogen-bond donors (Lipinski definition) is 1. The fourth-order valence-electron chi connectivity index (χ4n) is 1.29. The van der Waals surface area contributed by atoms with Gasteiger partial charge in [0.2, 0.25) is 5.95 Å². The van der Waals surface area contributed by atoms with Crippen LogP contribution in [0, 0.1) is 0 Å². The van der Waals surface area contributed by atoms with E-state index < -0.39 is 0 Å². The van der Waals surface area contributed by atoms with Crippen LogP contribution in [0.25, 0.3) is 5.69 Å². The Bertz CT molecular complexity index is 409. The van der Waals surface area contributed by atoms with E-state index in [9.17, 15) is 0 Å². The third kappa shape index (κ3) is 2.12. The van der Waals surface area contributed by atoms with Gasteiger partial charge in [-0.25, -0.2) is 15.0 Å². The Kier molecular flexibility index (Phi) is 2.92. The minimum atomic E-state index is 0.826. The van der Waals surface area contributed by atoms with E-state index in [4.69, 9.17) is 0 Å². The van der Waals surface area contributed by atoms with Crippen LogP contribution in [0.15, 0.2) is 31.1 Å². The summed E-state index contributed by atoms with van der Waals surface area (Å²) in [5.74, 6) is 0.826. The number of aromatic nitrogens is 4.